The molecule has 0 aliphatic carbocycles. The zero-order valence-corrected chi connectivity index (χ0v) is 7.85. The Bertz CT molecular complexity index is 378. The van der Waals surface area contributed by atoms with Gasteiger partial charge in [-0.05, 0) is 0 Å². The molecule has 0 saturated carbocycles. The van der Waals surface area contributed by atoms with Crippen molar-refractivity contribution in [3.63, 3.8) is 0 Å². The second-order valence-electron chi connectivity index (χ2n) is 2.59. The quantitative estimate of drug-likeness (QED) is 0.611. The van der Waals surface area contributed by atoms with Gasteiger partial charge in [0.25, 0.3) is 0 Å². The van der Waals surface area contributed by atoms with Gasteiger partial charge in [0.15, 0.2) is 0 Å². The number of aromatic amines is 1. The Balaban J connectivity index is 3.03. The van der Waals surface area contributed by atoms with Crippen LogP contribution in [0.1, 0.15) is 11.4 Å². The van der Waals surface area contributed by atoms with Gasteiger partial charge in [-0.3, -0.25) is 4.79 Å². The number of aromatic nitrogens is 2. The molecule has 8 heteroatoms. The molecule has 0 fully saturated rings. The van der Waals surface area contributed by atoms with Gasteiger partial charge in [0.2, 0.25) is 0 Å². The van der Waals surface area contributed by atoms with Gasteiger partial charge in [0.05, 0.1) is 12.0 Å². The molecule has 0 radical (unpaired) electrons. The number of H-pyrrole nitrogens is 1. The number of nitrogens with two attached hydrogens (primary N) is 1. The van der Waals surface area contributed by atoms with Crippen molar-refractivity contribution in [3.8, 4) is 0 Å². The predicted molar refractivity (Wildman–Crippen MR) is 45.2 cm³/mol. The van der Waals surface area contributed by atoms with E-state index in [9.17, 15) is 13.9 Å². The maximum absolute atomic E-state index is 10.8. The van der Waals surface area contributed by atoms with Crippen LogP contribution in [0.3, 0.4) is 0 Å². The van der Waals surface area contributed by atoms with Gasteiger partial charge < -0.3 is 15.8 Å². The Morgan fingerprint density at radius 3 is 2.64 bits per heavy atom. The van der Waals surface area contributed by atoms with Crippen LogP contribution in [0.15, 0.2) is 12.5 Å². The summed E-state index contributed by atoms with van der Waals surface area (Å²) in [5.41, 5.74) is 4.03. The van der Waals surface area contributed by atoms with Gasteiger partial charge in [-0.15, -0.1) is 0 Å². The van der Waals surface area contributed by atoms with Crippen molar-refractivity contribution in [2.75, 3.05) is 0 Å². The largest absolute Gasteiger partial charge is 0.480 e. The summed E-state index contributed by atoms with van der Waals surface area (Å²) in [5, 5.41) is 8.57. The number of carboxylic acid groups (broad SMARTS) is 1. The van der Waals surface area contributed by atoms with Gasteiger partial charge in [-0.1, -0.05) is 0 Å². The first-order valence-electron chi connectivity index (χ1n) is 3.64. The standard InChI is InChI=1S/C6H8N3O4P/c7-4(6(10)11)5(14(12)13)3-1-8-2-9-3/h1-2,4-5H,7H2,(H,8,9)(H,10,11)/t4-,5?/m0/s1. The van der Waals surface area contributed by atoms with E-state index in [-0.39, 0.29) is 5.69 Å². The summed E-state index contributed by atoms with van der Waals surface area (Å²) in [6, 6.07) is -1.50. The highest BCUT2D eigenvalue weighted by Crippen LogP contribution is 2.32. The molecule has 0 saturated heterocycles. The van der Waals surface area contributed by atoms with Crippen LogP contribution in [-0.2, 0) is 13.9 Å². The monoisotopic (exact) mass is 217 g/mol. The van der Waals surface area contributed by atoms with E-state index < -0.39 is 25.4 Å². The minimum absolute atomic E-state index is 0.107. The second-order valence-corrected chi connectivity index (χ2v) is 3.72. The molecule has 0 amide bonds. The number of rotatable bonds is 4. The molecular formula is C6H8N3O4P. The maximum Gasteiger partial charge on any atom is 0.327 e. The van der Waals surface area contributed by atoms with Crippen LogP contribution in [-0.4, -0.2) is 27.1 Å². The second kappa shape index (κ2) is 4.17. The zero-order chi connectivity index (χ0) is 10.7. The van der Waals surface area contributed by atoms with E-state index in [1.807, 2.05) is 0 Å². The maximum atomic E-state index is 10.8. The Morgan fingerprint density at radius 1 is 1.64 bits per heavy atom. The van der Waals surface area contributed by atoms with Gasteiger partial charge >= 0.3 is 13.6 Å². The highest BCUT2D eigenvalue weighted by molar-refractivity contribution is 7.31. The molecule has 4 N–H and O–H groups in total. The smallest absolute Gasteiger partial charge is 0.327 e. The van der Waals surface area contributed by atoms with Gasteiger partial charge in [-0.2, -0.15) is 0 Å². The topological polar surface area (TPSA) is 126 Å². The molecule has 1 unspecified atom stereocenters. The van der Waals surface area contributed by atoms with Crippen LogP contribution in [0.5, 0.6) is 0 Å². The van der Waals surface area contributed by atoms with Crippen molar-refractivity contribution in [1.29, 1.82) is 0 Å². The van der Waals surface area contributed by atoms with Gasteiger partial charge in [0, 0.05) is 6.20 Å². The molecule has 0 bridgehead atoms. The number of hydrogen-bond donors (Lipinski definition) is 3. The fraction of sp³-hybridized carbons (Fsp3) is 0.333. The lowest BCUT2D eigenvalue weighted by Crippen LogP contribution is -2.34. The number of carboxylic acids is 1. The Hall–Kier alpha value is -1.46. The molecule has 14 heavy (non-hydrogen) atoms. The van der Waals surface area contributed by atoms with E-state index >= 15 is 0 Å². The van der Waals surface area contributed by atoms with Crippen LogP contribution in [0, 0.1) is 0 Å². The van der Waals surface area contributed by atoms with Crippen LogP contribution in [0.2, 0.25) is 0 Å². The Kier molecular flexibility index (Phi) is 3.16. The van der Waals surface area contributed by atoms with Crippen molar-refractivity contribution in [2.45, 2.75) is 11.7 Å². The van der Waals surface area contributed by atoms with Crippen molar-refractivity contribution in [3.05, 3.63) is 18.2 Å². The molecule has 0 aliphatic heterocycles. The summed E-state index contributed by atoms with van der Waals surface area (Å²) >= 11 is 0. The van der Waals surface area contributed by atoms with Crippen molar-refractivity contribution in [2.24, 2.45) is 5.73 Å². The van der Waals surface area contributed by atoms with Crippen molar-refractivity contribution in [1.82, 2.24) is 9.97 Å². The van der Waals surface area contributed by atoms with E-state index in [1.54, 1.807) is 0 Å². The van der Waals surface area contributed by atoms with Crippen LogP contribution < -0.4 is 5.73 Å². The SMILES string of the molecule is N[C@H](C(=O)O)C(c1c[nH]cn1)P(=O)=O. The summed E-state index contributed by atoms with van der Waals surface area (Å²) < 4.78 is 21.6. The molecule has 1 aromatic rings. The predicted octanol–water partition coefficient (Wildman–Crippen LogP) is 0.0356. The summed E-state index contributed by atoms with van der Waals surface area (Å²) in [6.07, 6.45) is 2.56. The van der Waals surface area contributed by atoms with Crippen LogP contribution in [0.4, 0.5) is 0 Å². The lowest BCUT2D eigenvalue weighted by atomic mass is 10.2. The molecule has 1 heterocycles. The van der Waals surface area contributed by atoms with Gasteiger partial charge in [0.1, 0.15) is 11.7 Å². The third kappa shape index (κ3) is 2.07. The summed E-state index contributed by atoms with van der Waals surface area (Å²) in [7, 11) is -2.97. The number of carbonyl (C=O) groups is 1. The summed E-state index contributed by atoms with van der Waals surface area (Å²) in [6.45, 7) is 0. The number of imidazole rings is 1. The minimum atomic E-state index is -2.97. The lowest BCUT2D eigenvalue weighted by molar-refractivity contribution is -0.138. The van der Waals surface area contributed by atoms with Crippen LogP contribution >= 0.6 is 7.68 Å². The first kappa shape index (κ1) is 10.6. The normalized spacial score (nSPS) is 14.6. The Morgan fingerprint density at radius 2 is 2.29 bits per heavy atom. The first-order chi connectivity index (χ1) is 6.54. The third-order valence-electron chi connectivity index (χ3n) is 1.67. The molecule has 0 aromatic carbocycles. The highest BCUT2D eigenvalue weighted by atomic mass is 31.1. The van der Waals surface area contributed by atoms with E-state index in [1.165, 1.54) is 12.5 Å². The molecule has 7 nitrogen and oxygen atoms in total. The number of nitrogens with zero attached hydrogens (tertiary/aromatic N) is 1. The third-order valence-corrected chi connectivity index (χ3v) is 2.71. The average Bonchev–Trinajstić information content (AvgIpc) is 2.56. The van der Waals surface area contributed by atoms with Crippen molar-refractivity contribution < 1.29 is 19.0 Å². The summed E-state index contributed by atoms with van der Waals surface area (Å²) in [4.78, 5) is 16.7. The lowest BCUT2D eigenvalue weighted by Gasteiger charge is -2.10. The fourth-order valence-corrected chi connectivity index (χ4v) is 1.74. The zero-order valence-electron chi connectivity index (χ0n) is 6.95. The van der Waals surface area contributed by atoms with E-state index in [0.29, 0.717) is 0 Å². The van der Waals surface area contributed by atoms with E-state index in [4.69, 9.17) is 10.8 Å². The fourth-order valence-electron chi connectivity index (χ4n) is 0.992. The van der Waals surface area contributed by atoms with Gasteiger partial charge in [-0.25, -0.2) is 14.1 Å². The molecule has 1 aromatic heterocycles. The Labute approximate surface area is 79.2 Å². The molecule has 76 valence electrons. The highest BCUT2D eigenvalue weighted by Gasteiger charge is 2.32. The van der Waals surface area contributed by atoms with E-state index in [2.05, 4.69) is 9.97 Å². The molecular weight excluding hydrogens is 209 g/mol. The number of aliphatic carboxylic acids is 1. The van der Waals surface area contributed by atoms with Crippen LogP contribution in [0.25, 0.3) is 0 Å². The number of hydrogen-bond acceptors (Lipinski definition) is 5. The van der Waals surface area contributed by atoms with Crippen molar-refractivity contribution >= 4 is 13.6 Å². The average molecular weight is 217 g/mol. The molecule has 0 aliphatic rings. The van der Waals surface area contributed by atoms with E-state index in [0.717, 1.165) is 0 Å². The molecule has 0 spiro atoms. The molecule has 2 atom stereocenters. The molecule has 1 rings (SSSR count). The summed E-state index contributed by atoms with van der Waals surface area (Å²) in [5.74, 6) is -1.38. The minimum Gasteiger partial charge on any atom is -0.480 e. The number of nitrogens with one attached hydrogen (secondary N) is 1. The first-order valence-corrected chi connectivity index (χ1v) is 4.89.